The largest absolute Gasteiger partial charge is 0.393 e. The van der Waals surface area contributed by atoms with Crippen LogP contribution >= 0.6 is 67.8 Å². The summed E-state index contributed by atoms with van der Waals surface area (Å²) in [4.78, 5) is 12.3. The maximum Gasteiger partial charge on any atom is 0.252 e. The number of hydrogen-bond acceptors (Lipinski definition) is 2. The monoisotopic (exact) mass is 611 g/mol. The van der Waals surface area contributed by atoms with Crippen molar-refractivity contribution in [1.82, 2.24) is 5.32 Å². The number of hydrogen-bond donors (Lipinski definition) is 2. The average Bonchev–Trinajstić information content (AvgIpc) is 2.40. The molecular formula is C14H16I3NO2. The van der Waals surface area contributed by atoms with Gasteiger partial charge in [-0.15, -0.1) is 0 Å². The zero-order valence-electron chi connectivity index (χ0n) is 10.8. The lowest BCUT2D eigenvalue weighted by Gasteiger charge is -2.26. The maximum absolute atomic E-state index is 12.3. The summed E-state index contributed by atoms with van der Waals surface area (Å²) in [6, 6.07) is 3.99. The van der Waals surface area contributed by atoms with E-state index in [1.165, 1.54) is 0 Å². The molecule has 0 bridgehead atoms. The SMILES string of the molecule is O=C(NCC1CCCC(O)C1)c1cc(I)cc(I)c1I. The second-order valence-corrected chi connectivity index (χ2v) is 8.63. The molecule has 20 heavy (non-hydrogen) atoms. The molecule has 6 heteroatoms. The third-order valence-electron chi connectivity index (χ3n) is 3.54. The molecule has 1 fully saturated rings. The lowest BCUT2D eigenvalue weighted by atomic mass is 9.87. The zero-order chi connectivity index (χ0) is 14.7. The van der Waals surface area contributed by atoms with Crippen molar-refractivity contribution < 1.29 is 9.90 Å². The van der Waals surface area contributed by atoms with Gasteiger partial charge in [-0.3, -0.25) is 4.79 Å². The Hall–Kier alpha value is 0.840. The molecule has 2 N–H and O–H groups in total. The third kappa shape index (κ3) is 4.67. The number of benzene rings is 1. The number of carbonyl (C=O) groups is 1. The van der Waals surface area contributed by atoms with Gasteiger partial charge in [-0.2, -0.15) is 0 Å². The molecule has 0 spiro atoms. The first kappa shape index (κ1) is 17.2. The minimum Gasteiger partial charge on any atom is -0.393 e. The van der Waals surface area contributed by atoms with Gasteiger partial charge in [0.15, 0.2) is 0 Å². The third-order valence-corrected chi connectivity index (χ3v) is 7.21. The van der Waals surface area contributed by atoms with Gasteiger partial charge in [0.25, 0.3) is 5.91 Å². The quantitative estimate of drug-likeness (QED) is 0.405. The average molecular weight is 611 g/mol. The number of carbonyl (C=O) groups excluding carboxylic acids is 1. The van der Waals surface area contributed by atoms with E-state index in [-0.39, 0.29) is 12.0 Å². The second-order valence-electron chi connectivity index (χ2n) is 5.15. The smallest absolute Gasteiger partial charge is 0.252 e. The minimum atomic E-state index is -0.190. The molecule has 1 saturated carbocycles. The van der Waals surface area contributed by atoms with Gasteiger partial charge in [0.05, 0.1) is 11.7 Å². The Bertz CT molecular complexity index is 507. The zero-order valence-corrected chi connectivity index (χ0v) is 17.3. The van der Waals surface area contributed by atoms with Crippen molar-refractivity contribution in [3.05, 3.63) is 28.4 Å². The van der Waals surface area contributed by atoms with Crippen LogP contribution in [0.4, 0.5) is 0 Å². The molecule has 0 saturated heterocycles. The summed E-state index contributed by atoms with van der Waals surface area (Å²) in [7, 11) is 0. The first-order chi connectivity index (χ1) is 9.47. The van der Waals surface area contributed by atoms with Crippen LogP contribution in [0, 0.1) is 16.6 Å². The van der Waals surface area contributed by atoms with E-state index in [0.29, 0.717) is 12.5 Å². The van der Waals surface area contributed by atoms with E-state index < -0.39 is 0 Å². The van der Waals surface area contributed by atoms with Crippen molar-refractivity contribution in [2.24, 2.45) is 5.92 Å². The summed E-state index contributed by atoms with van der Waals surface area (Å²) in [5.41, 5.74) is 0.748. The molecule has 1 aromatic rings. The van der Waals surface area contributed by atoms with Gasteiger partial charge < -0.3 is 10.4 Å². The van der Waals surface area contributed by atoms with Crippen molar-refractivity contribution >= 4 is 73.7 Å². The van der Waals surface area contributed by atoms with Crippen LogP contribution in [0.2, 0.25) is 0 Å². The predicted octanol–water partition coefficient (Wildman–Crippen LogP) is 3.78. The highest BCUT2D eigenvalue weighted by Gasteiger charge is 2.21. The number of amides is 1. The molecule has 1 aliphatic rings. The van der Waals surface area contributed by atoms with E-state index >= 15 is 0 Å². The van der Waals surface area contributed by atoms with E-state index in [9.17, 15) is 9.90 Å². The van der Waals surface area contributed by atoms with E-state index in [2.05, 4.69) is 79.2 Å². The first-order valence-corrected chi connectivity index (χ1v) is 9.82. The van der Waals surface area contributed by atoms with E-state index in [0.717, 1.165) is 42.0 Å². The van der Waals surface area contributed by atoms with Crippen molar-refractivity contribution in [1.29, 1.82) is 0 Å². The highest BCUT2D eigenvalue weighted by molar-refractivity contribution is 14.1. The highest BCUT2D eigenvalue weighted by Crippen LogP contribution is 2.25. The number of aliphatic hydroxyl groups excluding tert-OH is 1. The summed E-state index contributed by atoms with van der Waals surface area (Å²) < 4.78 is 3.18. The van der Waals surface area contributed by atoms with E-state index in [4.69, 9.17) is 0 Å². The molecule has 1 aliphatic carbocycles. The van der Waals surface area contributed by atoms with Crippen LogP contribution in [0.15, 0.2) is 12.1 Å². The Morgan fingerprint density at radius 1 is 1.30 bits per heavy atom. The molecule has 2 atom stereocenters. The minimum absolute atomic E-state index is 0.00843. The molecule has 0 heterocycles. The van der Waals surface area contributed by atoms with E-state index in [1.54, 1.807) is 0 Å². The van der Waals surface area contributed by atoms with Crippen LogP contribution in [-0.4, -0.2) is 23.7 Å². The molecule has 2 rings (SSSR count). The molecule has 110 valence electrons. The Kier molecular flexibility index (Phi) is 6.80. The lowest BCUT2D eigenvalue weighted by molar-refractivity contribution is 0.0873. The van der Waals surface area contributed by atoms with Crippen molar-refractivity contribution in [3.8, 4) is 0 Å². The highest BCUT2D eigenvalue weighted by atomic mass is 127. The Balaban J connectivity index is 1.98. The number of nitrogens with one attached hydrogen (secondary N) is 1. The fraction of sp³-hybridized carbons (Fsp3) is 0.500. The number of aliphatic hydroxyl groups is 1. The lowest BCUT2D eigenvalue weighted by Crippen LogP contribution is -2.33. The summed E-state index contributed by atoms with van der Waals surface area (Å²) in [6.07, 6.45) is 3.67. The first-order valence-electron chi connectivity index (χ1n) is 6.58. The topological polar surface area (TPSA) is 49.3 Å². The summed E-state index contributed by atoms with van der Waals surface area (Å²) in [6.45, 7) is 0.661. The standard InChI is InChI=1S/C14H16I3NO2/c15-9-5-11(13(17)12(16)6-9)14(20)18-7-8-2-1-3-10(19)4-8/h5-6,8,10,19H,1-4,7H2,(H,18,20). The fourth-order valence-corrected chi connectivity index (χ4v) is 4.90. The van der Waals surface area contributed by atoms with Crippen molar-refractivity contribution in [2.75, 3.05) is 6.54 Å². The van der Waals surface area contributed by atoms with Gasteiger partial charge >= 0.3 is 0 Å². The Morgan fingerprint density at radius 3 is 2.75 bits per heavy atom. The summed E-state index contributed by atoms with van der Waals surface area (Å²) >= 11 is 6.71. The maximum atomic E-state index is 12.3. The number of halogens is 3. The number of rotatable bonds is 3. The molecule has 3 nitrogen and oxygen atoms in total. The second kappa shape index (κ2) is 7.91. The van der Waals surface area contributed by atoms with Crippen LogP contribution < -0.4 is 5.32 Å². The van der Waals surface area contributed by atoms with E-state index in [1.807, 2.05) is 6.07 Å². The predicted molar refractivity (Wildman–Crippen MR) is 105 cm³/mol. The van der Waals surface area contributed by atoms with Crippen LogP contribution in [0.1, 0.15) is 36.0 Å². The molecule has 1 amide bonds. The summed E-state index contributed by atoms with van der Waals surface area (Å²) in [5, 5.41) is 12.7. The van der Waals surface area contributed by atoms with Crippen LogP contribution in [0.5, 0.6) is 0 Å². The van der Waals surface area contributed by atoms with Gasteiger partial charge in [-0.1, -0.05) is 6.42 Å². The van der Waals surface area contributed by atoms with Gasteiger partial charge in [0.1, 0.15) is 0 Å². The fourth-order valence-electron chi connectivity index (χ4n) is 2.50. The molecule has 0 aromatic heterocycles. The normalized spacial score (nSPS) is 22.6. The van der Waals surface area contributed by atoms with Gasteiger partial charge in [-0.05, 0) is 105 Å². The Morgan fingerprint density at radius 2 is 2.05 bits per heavy atom. The summed E-state index contributed by atoms with van der Waals surface area (Å²) in [5.74, 6) is 0.396. The Labute approximate surface area is 160 Å². The van der Waals surface area contributed by atoms with Crippen LogP contribution in [0.25, 0.3) is 0 Å². The van der Waals surface area contributed by atoms with Gasteiger partial charge in [-0.25, -0.2) is 0 Å². The van der Waals surface area contributed by atoms with Crippen molar-refractivity contribution in [3.63, 3.8) is 0 Å². The molecular weight excluding hydrogens is 595 g/mol. The van der Waals surface area contributed by atoms with Gasteiger partial charge in [0, 0.05) is 17.3 Å². The van der Waals surface area contributed by atoms with Gasteiger partial charge in [0.2, 0.25) is 0 Å². The molecule has 1 aromatic carbocycles. The molecule has 0 radical (unpaired) electrons. The van der Waals surface area contributed by atoms with Crippen molar-refractivity contribution in [2.45, 2.75) is 31.8 Å². The molecule has 0 aliphatic heterocycles. The van der Waals surface area contributed by atoms with Crippen LogP contribution in [-0.2, 0) is 0 Å². The van der Waals surface area contributed by atoms with Crippen LogP contribution in [0.3, 0.4) is 0 Å². The molecule has 2 unspecified atom stereocenters.